The molecule has 33 heavy (non-hydrogen) atoms. The van der Waals surface area contributed by atoms with E-state index in [4.69, 9.17) is 4.42 Å². The van der Waals surface area contributed by atoms with E-state index in [0.29, 0.717) is 0 Å². The summed E-state index contributed by atoms with van der Waals surface area (Å²) in [4.78, 5) is 16.9. The summed E-state index contributed by atoms with van der Waals surface area (Å²) in [7, 11) is -3.86. The van der Waals surface area contributed by atoms with Crippen LogP contribution in [0.3, 0.4) is 0 Å². The van der Waals surface area contributed by atoms with Crippen molar-refractivity contribution in [1.82, 2.24) is 10.3 Å². The number of oxazole rings is 1. The van der Waals surface area contributed by atoms with Gasteiger partial charge in [-0.2, -0.15) is 0 Å². The number of amides is 1. The maximum absolute atomic E-state index is 14.3. The lowest BCUT2D eigenvalue weighted by Crippen LogP contribution is -2.27. The van der Waals surface area contributed by atoms with Crippen LogP contribution < -0.4 is 10.0 Å². The molecule has 170 valence electrons. The zero-order valence-electron chi connectivity index (χ0n) is 17.6. The Morgan fingerprint density at radius 1 is 1.06 bits per heavy atom. The monoisotopic (exact) mass is 471 g/mol. The topological polar surface area (TPSA) is 101 Å². The molecule has 0 saturated carbocycles. The van der Waals surface area contributed by atoms with Crippen molar-refractivity contribution in [3.8, 4) is 11.5 Å². The van der Waals surface area contributed by atoms with E-state index >= 15 is 0 Å². The number of nitrogens with one attached hydrogen (secondary N) is 2. The van der Waals surface area contributed by atoms with Crippen molar-refractivity contribution in [3.63, 3.8) is 0 Å². The second kappa shape index (κ2) is 8.62. The highest BCUT2D eigenvalue weighted by Gasteiger charge is 2.21. The Hall–Kier alpha value is -3.79. The Balaban J connectivity index is 1.54. The molecule has 4 rings (SSSR count). The van der Waals surface area contributed by atoms with Crippen LogP contribution in [-0.2, 0) is 10.0 Å². The SMILES string of the molecule is C[C@@H](NC(=O)c1coc(-c2cccc3ccccc23)n1)c1cc(F)c(NS(C)(=O)=O)c(F)c1. The van der Waals surface area contributed by atoms with Crippen LogP contribution in [-0.4, -0.2) is 25.6 Å². The number of halogens is 2. The maximum atomic E-state index is 14.3. The molecule has 0 spiro atoms. The van der Waals surface area contributed by atoms with Crippen LogP contribution in [0.2, 0.25) is 0 Å². The molecule has 0 fully saturated rings. The summed E-state index contributed by atoms with van der Waals surface area (Å²) >= 11 is 0. The van der Waals surface area contributed by atoms with Crippen LogP contribution in [0.5, 0.6) is 0 Å². The maximum Gasteiger partial charge on any atom is 0.273 e. The standard InChI is InChI=1S/C23H19F2N3O4S/c1-13(15-10-18(24)21(19(25)11-15)28-33(2,30)31)26-22(29)20-12-32-23(27-20)17-9-5-7-14-6-3-4-8-16(14)17/h3-13,28H,1-2H3,(H,26,29)/t13-/m1/s1. The van der Waals surface area contributed by atoms with Crippen LogP contribution in [0.25, 0.3) is 22.2 Å². The molecule has 1 atom stereocenters. The van der Waals surface area contributed by atoms with Crippen LogP contribution in [0, 0.1) is 11.6 Å². The van der Waals surface area contributed by atoms with E-state index in [1.165, 1.54) is 13.2 Å². The van der Waals surface area contributed by atoms with Crippen molar-refractivity contribution in [3.05, 3.63) is 83.8 Å². The quantitative estimate of drug-likeness (QED) is 0.427. The lowest BCUT2D eigenvalue weighted by Gasteiger charge is -2.15. The third kappa shape index (κ3) is 4.85. The molecule has 7 nitrogen and oxygen atoms in total. The summed E-state index contributed by atoms with van der Waals surface area (Å²) in [5.74, 6) is -2.54. The second-order valence-electron chi connectivity index (χ2n) is 7.49. The van der Waals surface area contributed by atoms with Crippen LogP contribution in [0.1, 0.15) is 29.0 Å². The van der Waals surface area contributed by atoms with E-state index in [0.717, 1.165) is 34.7 Å². The molecule has 1 amide bonds. The third-order valence-electron chi connectivity index (χ3n) is 4.96. The first-order chi connectivity index (χ1) is 15.6. The molecule has 0 saturated heterocycles. The number of sulfonamides is 1. The van der Waals surface area contributed by atoms with E-state index in [2.05, 4.69) is 10.3 Å². The Morgan fingerprint density at radius 2 is 1.73 bits per heavy atom. The first-order valence-electron chi connectivity index (χ1n) is 9.83. The van der Waals surface area contributed by atoms with Gasteiger partial charge >= 0.3 is 0 Å². The van der Waals surface area contributed by atoms with E-state index in [1.807, 2.05) is 42.5 Å². The second-order valence-corrected chi connectivity index (χ2v) is 9.24. The third-order valence-corrected chi connectivity index (χ3v) is 5.53. The summed E-state index contributed by atoms with van der Waals surface area (Å²) < 4.78 is 58.4. The fourth-order valence-corrected chi connectivity index (χ4v) is 3.96. The predicted octanol–water partition coefficient (Wildman–Crippen LogP) is 4.64. The highest BCUT2D eigenvalue weighted by Crippen LogP contribution is 2.28. The number of anilines is 1. The molecule has 0 radical (unpaired) electrons. The van der Waals surface area contributed by atoms with Gasteiger partial charge in [0.1, 0.15) is 12.0 Å². The molecule has 2 N–H and O–H groups in total. The number of fused-ring (bicyclic) bond motifs is 1. The smallest absolute Gasteiger partial charge is 0.273 e. The van der Waals surface area contributed by atoms with Gasteiger partial charge in [0, 0.05) is 5.56 Å². The molecular formula is C23H19F2N3O4S. The van der Waals surface area contributed by atoms with Gasteiger partial charge in [0.15, 0.2) is 17.3 Å². The summed E-state index contributed by atoms with van der Waals surface area (Å²) in [6.45, 7) is 1.53. The zero-order valence-corrected chi connectivity index (χ0v) is 18.4. The number of hydrogen-bond donors (Lipinski definition) is 2. The predicted molar refractivity (Wildman–Crippen MR) is 120 cm³/mol. The molecule has 3 aromatic carbocycles. The van der Waals surface area contributed by atoms with Crippen molar-refractivity contribution in [2.45, 2.75) is 13.0 Å². The Labute approximate surface area is 188 Å². The number of benzene rings is 3. The molecule has 4 aromatic rings. The normalized spacial score (nSPS) is 12.5. The van der Waals surface area contributed by atoms with E-state index in [-0.39, 0.29) is 17.1 Å². The van der Waals surface area contributed by atoms with Gasteiger partial charge in [-0.3, -0.25) is 9.52 Å². The number of rotatable bonds is 6. The van der Waals surface area contributed by atoms with Gasteiger partial charge in [-0.15, -0.1) is 0 Å². The minimum atomic E-state index is -3.86. The molecule has 0 aliphatic rings. The van der Waals surface area contributed by atoms with Crippen molar-refractivity contribution >= 4 is 32.4 Å². The number of nitrogens with zero attached hydrogens (tertiary/aromatic N) is 1. The van der Waals surface area contributed by atoms with Crippen molar-refractivity contribution in [1.29, 1.82) is 0 Å². The number of carbonyl (C=O) groups excluding carboxylic acids is 1. The first kappa shape index (κ1) is 22.4. The lowest BCUT2D eigenvalue weighted by molar-refractivity contribution is 0.0934. The summed E-state index contributed by atoms with van der Waals surface area (Å²) in [6, 6.07) is 14.4. The average Bonchev–Trinajstić information content (AvgIpc) is 3.25. The molecule has 10 heteroatoms. The molecule has 0 aliphatic heterocycles. The largest absolute Gasteiger partial charge is 0.444 e. The molecule has 0 unspecified atom stereocenters. The minimum Gasteiger partial charge on any atom is -0.444 e. The van der Waals surface area contributed by atoms with Gasteiger partial charge in [0.25, 0.3) is 5.91 Å². The summed E-state index contributed by atoms with van der Waals surface area (Å²) in [5, 5.41) is 4.51. The fraction of sp³-hybridized carbons (Fsp3) is 0.130. The van der Waals surface area contributed by atoms with E-state index in [9.17, 15) is 22.0 Å². The first-order valence-corrected chi connectivity index (χ1v) is 11.7. The lowest BCUT2D eigenvalue weighted by atomic mass is 10.0. The Morgan fingerprint density at radius 3 is 2.42 bits per heavy atom. The fourth-order valence-electron chi connectivity index (χ4n) is 3.39. The van der Waals surface area contributed by atoms with Crippen molar-refractivity contribution in [2.24, 2.45) is 0 Å². The van der Waals surface area contributed by atoms with Gasteiger partial charge in [-0.1, -0.05) is 36.4 Å². The number of carbonyl (C=O) groups is 1. The molecular weight excluding hydrogens is 452 g/mol. The van der Waals surface area contributed by atoms with E-state index < -0.39 is 39.3 Å². The molecule has 0 bridgehead atoms. The van der Waals surface area contributed by atoms with Crippen LogP contribution >= 0.6 is 0 Å². The molecule has 1 aromatic heterocycles. The Kier molecular flexibility index (Phi) is 5.86. The summed E-state index contributed by atoms with van der Waals surface area (Å²) in [5.41, 5.74) is 0.0468. The zero-order chi connectivity index (χ0) is 23.8. The van der Waals surface area contributed by atoms with Gasteiger partial charge < -0.3 is 9.73 Å². The van der Waals surface area contributed by atoms with Crippen molar-refractivity contribution in [2.75, 3.05) is 11.0 Å². The average molecular weight is 471 g/mol. The number of aromatic nitrogens is 1. The molecule has 0 aliphatic carbocycles. The minimum absolute atomic E-state index is 0.00101. The molecule has 1 heterocycles. The number of hydrogen-bond acceptors (Lipinski definition) is 5. The van der Waals surface area contributed by atoms with Gasteiger partial charge in [0.05, 0.1) is 12.3 Å². The van der Waals surface area contributed by atoms with Crippen LogP contribution in [0.4, 0.5) is 14.5 Å². The summed E-state index contributed by atoms with van der Waals surface area (Å²) in [6.07, 6.45) is 1.99. The van der Waals surface area contributed by atoms with Gasteiger partial charge in [0.2, 0.25) is 15.9 Å². The van der Waals surface area contributed by atoms with Gasteiger partial charge in [-0.25, -0.2) is 22.2 Å². The Bertz CT molecular complexity index is 1440. The van der Waals surface area contributed by atoms with Crippen LogP contribution in [0.15, 0.2) is 65.3 Å². The highest BCUT2D eigenvalue weighted by molar-refractivity contribution is 7.92. The van der Waals surface area contributed by atoms with Crippen molar-refractivity contribution < 1.29 is 26.4 Å². The van der Waals surface area contributed by atoms with E-state index in [1.54, 1.807) is 4.72 Å². The van der Waals surface area contributed by atoms with Gasteiger partial charge in [-0.05, 0) is 41.5 Å². The highest BCUT2D eigenvalue weighted by atomic mass is 32.2.